The second-order valence-corrected chi connectivity index (χ2v) is 2.25. The summed E-state index contributed by atoms with van der Waals surface area (Å²) in [4.78, 5) is 0. The van der Waals surface area contributed by atoms with Gasteiger partial charge < -0.3 is 4.74 Å². The van der Waals surface area contributed by atoms with Gasteiger partial charge in [0, 0.05) is 61.6 Å². The third-order valence-electron chi connectivity index (χ3n) is 1.55. The molecule has 0 saturated carbocycles. The van der Waals surface area contributed by atoms with Crippen LogP contribution in [-0.4, -0.2) is 26.4 Å². The molecule has 13 heavy (non-hydrogen) atoms. The van der Waals surface area contributed by atoms with Gasteiger partial charge in [-0.25, -0.2) is 0 Å². The average molecular weight is 362 g/mol. The summed E-state index contributed by atoms with van der Waals surface area (Å²) in [5.41, 5.74) is 1.17. The summed E-state index contributed by atoms with van der Waals surface area (Å²) in [6, 6.07) is 8.03. The first-order chi connectivity index (χ1) is 4.97. The average Bonchev–Trinajstić information content (AvgIpc) is 2.05. The van der Waals surface area contributed by atoms with Crippen LogP contribution in [0.25, 0.3) is 6.08 Å². The number of rotatable bonds is 0. The SMILES string of the molecule is C1=Cc2ccccc2OC1.[Co].[Ga].[Ru]. The number of ether oxygens (including phenoxy) is 1. The summed E-state index contributed by atoms with van der Waals surface area (Å²) >= 11 is 0. The van der Waals surface area contributed by atoms with Crippen molar-refractivity contribution in [3.63, 3.8) is 0 Å². The Morgan fingerprint density at radius 2 is 1.85 bits per heavy atom. The van der Waals surface area contributed by atoms with Crippen LogP contribution in [0.2, 0.25) is 0 Å². The van der Waals surface area contributed by atoms with Gasteiger partial charge >= 0.3 is 0 Å². The van der Waals surface area contributed by atoms with E-state index in [2.05, 4.69) is 6.08 Å². The molecule has 0 saturated heterocycles. The van der Waals surface area contributed by atoms with Gasteiger partial charge in [0.1, 0.15) is 12.4 Å². The van der Waals surface area contributed by atoms with Crippen molar-refractivity contribution in [3.05, 3.63) is 35.9 Å². The van der Waals surface area contributed by atoms with Crippen LogP contribution in [0.5, 0.6) is 5.75 Å². The smallest absolute Gasteiger partial charge is 0.126 e. The number of benzene rings is 1. The van der Waals surface area contributed by atoms with E-state index in [4.69, 9.17) is 4.74 Å². The summed E-state index contributed by atoms with van der Waals surface area (Å²) in [7, 11) is 0. The van der Waals surface area contributed by atoms with Crippen LogP contribution in [0.1, 0.15) is 5.56 Å². The van der Waals surface area contributed by atoms with Crippen LogP contribution in [-0.2, 0) is 36.3 Å². The van der Waals surface area contributed by atoms with E-state index < -0.39 is 0 Å². The molecule has 1 aromatic rings. The van der Waals surface area contributed by atoms with E-state index in [-0.39, 0.29) is 56.0 Å². The summed E-state index contributed by atoms with van der Waals surface area (Å²) in [6.07, 6.45) is 4.10. The molecule has 1 aliphatic heterocycles. The molecule has 4 radical (unpaired) electrons. The van der Waals surface area contributed by atoms with Gasteiger partial charge in [-0.1, -0.05) is 24.3 Å². The number of hydrogen-bond donors (Lipinski definition) is 0. The van der Waals surface area contributed by atoms with Gasteiger partial charge in [-0.3, -0.25) is 0 Å². The Balaban J connectivity index is 0. The molecule has 1 nitrogen and oxygen atoms in total. The van der Waals surface area contributed by atoms with Gasteiger partial charge in [-0.05, 0) is 12.1 Å². The van der Waals surface area contributed by atoms with Crippen LogP contribution in [0.4, 0.5) is 0 Å². The molecule has 4 heteroatoms. The van der Waals surface area contributed by atoms with Gasteiger partial charge in [0.25, 0.3) is 0 Å². The molecule has 1 aliphatic rings. The molecule has 1 aromatic carbocycles. The fourth-order valence-corrected chi connectivity index (χ4v) is 1.06. The van der Waals surface area contributed by atoms with E-state index >= 15 is 0 Å². The van der Waals surface area contributed by atoms with Crippen LogP contribution in [0.3, 0.4) is 0 Å². The predicted octanol–water partition coefficient (Wildman–Crippen LogP) is 1.71. The molecular formula is C9H8CoGaORu. The predicted molar refractivity (Wildman–Crippen MR) is 46.7 cm³/mol. The molecule has 70 valence electrons. The van der Waals surface area contributed by atoms with Gasteiger partial charge in [0.15, 0.2) is 0 Å². The molecule has 0 amide bonds. The Hall–Kier alpha value is 0.526. The zero-order valence-corrected chi connectivity index (χ0v) is 12.0. The molecule has 0 N–H and O–H groups in total. The minimum absolute atomic E-state index is 0. The van der Waals surface area contributed by atoms with Crippen molar-refractivity contribution in [1.29, 1.82) is 0 Å². The van der Waals surface area contributed by atoms with Gasteiger partial charge in [-0.15, -0.1) is 0 Å². The van der Waals surface area contributed by atoms with Crippen molar-refractivity contribution < 1.29 is 41.0 Å². The van der Waals surface area contributed by atoms with Gasteiger partial charge in [0.2, 0.25) is 0 Å². The number of fused-ring (bicyclic) bond motifs is 1. The molecule has 0 aliphatic carbocycles. The minimum Gasteiger partial charge on any atom is -0.489 e. The normalized spacial score (nSPS) is 10.8. The third kappa shape index (κ3) is 4.04. The van der Waals surface area contributed by atoms with Crippen molar-refractivity contribution in [2.24, 2.45) is 0 Å². The maximum Gasteiger partial charge on any atom is 0.126 e. The second kappa shape index (κ2) is 7.89. The molecule has 1 heterocycles. The molecule has 0 aromatic heterocycles. The Morgan fingerprint density at radius 1 is 1.15 bits per heavy atom. The van der Waals surface area contributed by atoms with Crippen molar-refractivity contribution >= 4 is 25.9 Å². The molecule has 0 atom stereocenters. The molecule has 2 rings (SSSR count). The number of para-hydroxylation sites is 1. The topological polar surface area (TPSA) is 9.23 Å². The maximum atomic E-state index is 5.34. The second-order valence-electron chi connectivity index (χ2n) is 2.25. The van der Waals surface area contributed by atoms with Crippen LogP contribution >= 0.6 is 0 Å². The van der Waals surface area contributed by atoms with E-state index in [1.165, 1.54) is 5.56 Å². The minimum atomic E-state index is 0. The first-order valence-electron chi connectivity index (χ1n) is 3.35. The summed E-state index contributed by atoms with van der Waals surface area (Å²) in [5.74, 6) is 0.991. The van der Waals surface area contributed by atoms with Crippen LogP contribution in [0.15, 0.2) is 30.3 Å². The van der Waals surface area contributed by atoms with E-state index in [0.717, 1.165) is 5.75 Å². The maximum absolute atomic E-state index is 5.34. The standard InChI is InChI=1S/C9H8O.Co.Ga.Ru/c1-2-6-9-8(4-1)5-3-7-10-9;;;/h1-6H,7H2;;;. The van der Waals surface area contributed by atoms with Gasteiger partial charge in [-0.2, -0.15) is 0 Å². The van der Waals surface area contributed by atoms with Crippen molar-refractivity contribution in [2.75, 3.05) is 6.61 Å². The number of hydrogen-bond acceptors (Lipinski definition) is 1. The molecular weight excluding hydrogens is 354 g/mol. The fourth-order valence-electron chi connectivity index (χ4n) is 1.06. The van der Waals surface area contributed by atoms with Crippen LogP contribution in [0, 0.1) is 0 Å². The Bertz CT molecular complexity index is 278. The van der Waals surface area contributed by atoms with E-state index in [1.807, 2.05) is 30.3 Å². The summed E-state index contributed by atoms with van der Waals surface area (Å²) in [5, 5.41) is 0. The molecule has 0 fully saturated rings. The quantitative estimate of drug-likeness (QED) is 0.639. The Morgan fingerprint density at radius 3 is 2.54 bits per heavy atom. The zero-order valence-electron chi connectivity index (χ0n) is 6.84. The molecule has 0 unspecified atom stereocenters. The monoisotopic (exact) mass is 362 g/mol. The van der Waals surface area contributed by atoms with Crippen molar-refractivity contribution in [1.82, 2.24) is 0 Å². The van der Waals surface area contributed by atoms with E-state index in [9.17, 15) is 0 Å². The van der Waals surface area contributed by atoms with Crippen molar-refractivity contribution in [2.45, 2.75) is 0 Å². The Labute approximate surface area is 114 Å². The first kappa shape index (κ1) is 16.0. The third-order valence-corrected chi connectivity index (χ3v) is 1.55. The summed E-state index contributed by atoms with van der Waals surface area (Å²) in [6.45, 7) is 0.705. The Kier molecular flexibility index (Phi) is 9.69. The molecule has 0 spiro atoms. The van der Waals surface area contributed by atoms with Crippen molar-refractivity contribution in [3.8, 4) is 5.75 Å². The van der Waals surface area contributed by atoms with Crippen LogP contribution < -0.4 is 4.74 Å². The van der Waals surface area contributed by atoms with E-state index in [1.54, 1.807) is 0 Å². The van der Waals surface area contributed by atoms with Gasteiger partial charge in [0.05, 0.1) is 0 Å². The molecule has 0 bridgehead atoms. The first-order valence-corrected chi connectivity index (χ1v) is 3.35. The summed E-state index contributed by atoms with van der Waals surface area (Å²) < 4.78 is 5.34. The van der Waals surface area contributed by atoms with E-state index in [0.29, 0.717) is 6.61 Å². The zero-order chi connectivity index (χ0) is 6.81. The fraction of sp³-hybridized carbons (Fsp3) is 0.111. The largest absolute Gasteiger partial charge is 0.489 e.